The highest BCUT2D eigenvalue weighted by Gasteiger charge is 2.35. The highest BCUT2D eigenvalue weighted by Crippen LogP contribution is 2.46. The van der Waals surface area contributed by atoms with E-state index in [2.05, 4.69) is 177 Å². The zero-order chi connectivity index (χ0) is 48.7. The highest BCUT2D eigenvalue weighted by molar-refractivity contribution is 6.09. The van der Waals surface area contributed by atoms with E-state index < -0.39 is 6.17 Å². The van der Waals surface area contributed by atoms with Gasteiger partial charge in [-0.1, -0.05) is 143 Å². The zero-order valence-electron chi connectivity index (χ0n) is 44.2. The van der Waals surface area contributed by atoms with Crippen LogP contribution in [0.5, 0.6) is 0 Å². The SMILES string of the molecule is CCCCN(CCCC)c1ccc(C2=C(c3ccc(N(CCCC)CCCC)cc3)C(N)N(c3ccc(N(CCCC)CCCC)cc3)C(c3ccc(N(CCCC)CCCC)cc3)=C2N)cc1. The Hall–Kier alpha value is -4.88. The van der Waals surface area contributed by atoms with Crippen molar-refractivity contribution in [2.75, 3.05) is 76.9 Å². The van der Waals surface area contributed by atoms with Crippen molar-refractivity contribution in [3.8, 4) is 0 Å². The van der Waals surface area contributed by atoms with Crippen molar-refractivity contribution in [3.63, 3.8) is 0 Å². The van der Waals surface area contributed by atoms with Crippen molar-refractivity contribution >= 4 is 45.3 Å². The zero-order valence-corrected chi connectivity index (χ0v) is 44.2. The van der Waals surface area contributed by atoms with Crippen LogP contribution in [0.3, 0.4) is 0 Å². The number of rotatable bonds is 32. The molecule has 7 nitrogen and oxygen atoms in total. The molecule has 5 rings (SSSR count). The third-order valence-corrected chi connectivity index (χ3v) is 13.9. The van der Waals surface area contributed by atoms with Crippen LogP contribution in [0.15, 0.2) is 103 Å². The molecule has 372 valence electrons. The molecule has 4 aromatic rings. The Morgan fingerprint density at radius 3 is 0.926 bits per heavy atom. The Balaban J connectivity index is 1.74. The van der Waals surface area contributed by atoms with Gasteiger partial charge in [0.05, 0.1) is 11.4 Å². The van der Waals surface area contributed by atoms with Crippen molar-refractivity contribution in [1.29, 1.82) is 0 Å². The standard InChI is InChI=1S/C61H93N7/c1-9-17-41-64(42-18-10-2)52-31-25-49(26-32-52)57-58(50-27-33-53(34-28-50)65(43-19-11-3)44-20-12-4)61(63)68(56-39-37-55(38-40-56)67(47-23-15-7)48-24-16-8)60(59(57)62)51-29-35-54(36-30-51)66(45-21-13-5)46-22-14-6/h25-40,61H,9-24,41-48,62-63H2,1-8H3. The average molecular weight is 924 g/mol. The van der Waals surface area contributed by atoms with Gasteiger partial charge in [-0.25, -0.2) is 0 Å². The van der Waals surface area contributed by atoms with Crippen LogP contribution in [-0.2, 0) is 0 Å². The minimum Gasteiger partial charge on any atom is -0.397 e. The van der Waals surface area contributed by atoms with Gasteiger partial charge in [0.1, 0.15) is 6.17 Å². The minimum atomic E-state index is -0.521. The van der Waals surface area contributed by atoms with Crippen LogP contribution < -0.4 is 36.0 Å². The van der Waals surface area contributed by atoms with Crippen LogP contribution in [-0.4, -0.2) is 58.5 Å². The predicted octanol–water partition coefficient (Wildman–Crippen LogP) is 15.4. The molecule has 4 N–H and O–H groups in total. The van der Waals surface area contributed by atoms with Crippen LogP contribution in [0, 0.1) is 0 Å². The van der Waals surface area contributed by atoms with Crippen LogP contribution in [0.4, 0.5) is 28.4 Å². The van der Waals surface area contributed by atoms with Gasteiger partial charge in [-0.05, 0) is 123 Å². The van der Waals surface area contributed by atoms with Crippen molar-refractivity contribution in [2.45, 2.75) is 164 Å². The van der Waals surface area contributed by atoms with Crippen LogP contribution in [0.25, 0.3) is 16.8 Å². The lowest BCUT2D eigenvalue weighted by Gasteiger charge is -2.41. The van der Waals surface area contributed by atoms with Gasteiger partial charge in [0, 0.05) is 97.5 Å². The molecule has 7 heteroatoms. The summed E-state index contributed by atoms with van der Waals surface area (Å²) < 4.78 is 0. The lowest BCUT2D eigenvalue weighted by atomic mass is 9.84. The first-order chi connectivity index (χ1) is 33.3. The number of hydrogen-bond donors (Lipinski definition) is 2. The molecule has 0 radical (unpaired) electrons. The lowest BCUT2D eigenvalue weighted by Crippen LogP contribution is -2.46. The Morgan fingerprint density at radius 1 is 0.368 bits per heavy atom. The van der Waals surface area contributed by atoms with E-state index in [0.717, 1.165) is 97.3 Å². The molecule has 1 heterocycles. The van der Waals surface area contributed by atoms with Gasteiger partial charge in [0.15, 0.2) is 0 Å². The minimum absolute atomic E-state index is 0.521. The topological polar surface area (TPSA) is 68.2 Å². The summed E-state index contributed by atoms with van der Waals surface area (Å²) in [5.74, 6) is 0. The van der Waals surface area contributed by atoms with E-state index in [0.29, 0.717) is 0 Å². The van der Waals surface area contributed by atoms with Crippen molar-refractivity contribution in [2.24, 2.45) is 11.5 Å². The summed E-state index contributed by atoms with van der Waals surface area (Å²) in [6.45, 7) is 26.8. The fourth-order valence-corrected chi connectivity index (χ4v) is 9.64. The van der Waals surface area contributed by atoms with E-state index in [-0.39, 0.29) is 0 Å². The third kappa shape index (κ3) is 14.6. The molecule has 1 unspecified atom stereocenters. The van der Waals surface area contributed by atoms with E-state index in [1.165, 1.54) is 125 Å². The Morgan fingerprint density at radius 2 is 0.632 bits per heavy atom. The molecule has 0 fully saturated rings. The number of hydrogen-bond acceptors (Lipinski definition) is 7. The second kappa shape index (κ2) is 29.2. The number of anilines is 5. The maximum Gasteiger partial charge on any atom is 0.109 e. The molecule has 0 bridgehead atoms. The summed E-state index contributed by atoms with van der Waals surface area (Å²) >= 11 is 0. The molecular formula is C61H93N7. The Bertz CT molecular complexity index is 2040. The summed E-state index contributed by atoms with van der Waals surface area (Å²) in [4.78, 5) is 12.6. The van der Waals surface area contributed by atoms with Gasteiger partial charge in [-0.15, -0.1) is 0 Å². The van der Waals surface area contributed by atoms with E-state index in [4.69, 9.17) is 11.5 Å². The first kappa shape index (κ1) is 54.1. The monoisotopic (exact) mass is 924 g/mol. The quantitative estimate of drug-likeness (QED) is 0.0506. The van der Waals surface area contributed by atoms with Crippen molar-refractivity contribution in [1.82, 2.24) is 0 Å². The molecule has 4 aromatic carbocycles. The Labute approximate surface area is 415 Å². The van der Waals surface area contributed by atoms with Gasteiger partial charge in [-0.2, -0.15) is 0 Å². The molecule has 0 saturated heterocycles. The fraction of sp³-hybridized carbons (Fsp3) is 0.541. The van der Waals surface area contributed by atoms with Crippen LogP contribution >= 0.6 is 0 Å². The molecule has 1 aliphatic rings. The van der Waals surface area contributed by atoms with Crippen molar-refractivity contribution in [3.05, 3.63) is 119 Å². The van der Waals surface area contributed by atoms with Gasteiger partial charge in [0.2, 0.25) is 0 Å². The Kier molecular flexibility index (Phi) is 23.2. The van der Waals surface area contributed by atoms with E-state index in [9.17, 15) is 0 Å². The summed E-state index contributed by atoms with van der Waals surface area (Å²) in [6.07, 6.45) is 18.3. The second-order valence-electron chi connectivity index (χ2n) is 19.3. The van der Waals surface area contributed by atoms with Gasteiger partial charge >= 0.3 is 0 Å². The lowest BCUT2D eigenvalue weighted by molar-refractivity contribution is 0.678. The largest absolute Gasteiger partial charge is 0.397 e. The molecule has 0 spiro atoms. The van der Waals surface area contributed by atoms with E-state index in [1.54, 1.807) is 0 Å². The first-order valence-electron chi connectivity index (χ1n) is 27.5. The summed E-state index contributed by atoms with van der Waals surface area (Å²) in [6, 6.07) is 36.8. The third-order valence-electron chi connectivity index (χ3n) is 13.9. The number of nitrogens with zero attached hydrogens (tertiary/aromatic N) is 5. The molecule has 68 heavy (non-hydrogen) atoms. The number of nitrogens with two attached hydrogens (primary N) is 2. The van der Waals surface area contributed by atoms with Gasteiger partial charge in [0.25, 0.3) is 0 Å². The second-order valence-corrected chi connectivity index (χ2v) is 19.3. The normalized spacial score (nSPS) is 14.0. The molecule has 1 atom stereocenters. The van der Waals surface area contributed by atoms with Gasteiger partial charge in [-0.3, -0.25) is 0 Å². The number of benzene rings is 4. The molecule has 0 aromatic heterocycles. The summed E-state index contributed by atoms with van der Waals surface area (Å²) in [7, 11) is 0. The predicted molar refractivity (Wildman–Crippen MR) is 302 cm³/mol. The molecule has 0 saturated carbocycles. The highest BCUT2D eigenvalue weighted by atomic mass is 15.3. The van der Waals surface area contributed by atoms with E-state index >= 15 is 0 Å². The first-order valence-corrected chi connectivity index (χ1v) is 27.5. The molecule has 0 amide bonds. The molecular weight excluding hydrogens is 831 g/mol. The smallest absolute Gasteiger partial charge is 0.109 e. The van der Waals surface area contributed by atoms with Crippen LogP contribution in [0.1, 0.15) is 175 Å². The maximum absolute atomic E-state index is 7.88. The number of allylic oxidation sites excluding steroid dienone is 1. The van der Waals surface area contributed by atoms with Crippen LogP contribution in [0.2, 0.25) is 0 Å². The number of unbranched alkanes of at least 4 members (excludes halogenated alkanes) is 8. The van der Waals surface area contributed by atoms with E-state index in [1.807, 2.05) is 0 Å². The van der Waals surface area contributed by atoms with Gasteiger partial charge < -0.3 is 36.0 Å². The summed E-state index contributed by atoms with van der Waals surface area (Å²) in [5, 5.41) is 0. The summed E-state index contributed by atoms with van der Waals surface area (Å²) in [5.41, 5.74) is 28.8. The molecule has 0 aliphatic carbocycles. The van der Waals surface area contributed by atoms with Crippen molar-refractivity contribution < 1.29 is 0 Å². The fourth-order valence-electron chi connectivity index (χ4n) is 9.64. The average Bonchev–Trinajstić information content (AvgIpc) is 3.37. The molecule has 1 aliphatic heterocycles. The maximum atomic E-state index is 7.88.